The summed E-state index contributed by atoms with van der Waals surface area (Å²) in [6.07, 6.45) is 3.05. The molecule has 1 aromatic carbocycles. The average molecular weight is 417 g/mol. The summed E-state index contributed by atoms with van der Waals surface area (Å²) in [4.78, 5) is 38.6. The number of esters is 1. The number of nitrogens with zero attached hydrogens (tertiary/aromatic N) is 2. The molecule has 3 rings (SSSR count). The summed E-state index contributed by atoms with van der Waals surface area (Å²) >= 11 is 0. The number of hydrazone groups is 1. The molecule has 2 aliphatic rings. The van der Waals surface area contributed by atoms with E-state index < -0.39 is 5.41 Å². The molecule has 2 aliphatic heterocycles. The summed E-state index contributed by atoms with van der Waals surface area (Å²) in [5.74, 6) is -0.933. The molecule has 7 nitrogen and oxygen atoms in total. The first-order valence-corrected chi connectivity index (χ1v) is 10.5. The van der Waals surface area contributed by atoms with Gasteiger partial charge in [-0.15, -0.1) is 0 Å². The zero-order chi connectivity index (χ0) is 21.6. The fourth-order valence-corrected chi connectivity index (χ4v) is 4.12. The molecule has 0 spiro atoms. The van der Waals surface area contributed by atoms with E-state index in [1.54, 1.807) is 30.0 Å². The number of hydrogen-bond donors (Lipinski definition) is 1. The van der Waals surface area contributed by atoms with E-state index >= 15 is 0 Å². The van der Waals surface area contributed by atoms with Crippen molar-refractivity contribution in [2.45, 2.75) is 51.9 Å². The molecule has 1 fully saturated rings. The van der Waals surface area contributed by atoms with Gasteiger partial charge in [-0.05, 0) is 50.7 Å². The fourth-order valence-electron chi connectivity index (χ4n) is 4.12. The summed E-state index contributed by atoms with van der Waals surface area (Å²) < 4.78 is 19.6. The van der Waals surface area contributed by atoms with Gasteiger partial charge in [0, 0.05) is 31.6 Å². The summed E-state index contributed by atoms with van der Waals surface area (Å²) in [5, 5.41) is 4.00. The third kappa shape index (κ3) is 5.23. The standard InChI is InChI=1S/C22H28FN3O4/c1-2-30-21(29)22(14-16-6-3-4-7-18(16)23)12-5-13-26(15-22)20(28)11-9-17-8-10-19(27)25-24-17/h3-4,6-7H,2,5,8-15H2,1H3,(H,25,27). The van der Waals surface area contributed by atoms with Gasteiger partial charge >= 0.3 is 5.97 Å². The number of hydrogen-bond acceptors (Lipinski definition) is 5. The number of nitrogens with one attached hydrogen (secondary N) is 1. The summed E-state index contributed by atoms with van der Waals surface area (Å²) in [7, 11) is 0. The van der Waals surface area contributed by atoms with E-state index in [0.717, 1.165) is 5.71 Å². The van der Waals surface area contributed by atoms with Crippen LogP contribution in [0.4, 0.5) is 4.39 Å². The van der Waals surface area contributed by atoms with Crippen molar-refractivity contribution < 1.29 is 23.5 Å². The molecule has 1 N–H and O–H groups in total. The van der Waals surface area contributed by atoms with E-state index in [9.17, 15) is 18.8 Å². The molecular weight excluding hydrogens is 389 g/mol. The van der Waals surface area contributed by atoms with E-state index in [1.807, 2.05) is 0 Å². The lowest BCUT2D eigenvalue weighted by Gasteiger charge is -2.41. The normalized spacial score (nSPS) is 21.6. The highest BCUT2D eigenvalue weighted by atomic mass is 19.1. The number of carbonyl (C=O) groups excluding carboxylic acids is 3. The Morgan fingerprint density at radius 1 is 1.30 bits per heavy atom. The van der Waals surface area contributed by atoms with Crippen molar-refractivity contribution >= 4 is 23.5 Å². The van der Waals surface area contributed by atoms with Gasteiger partial charge in [0.25, 0.3) is 0 Å². The Bertz CT molecular complexity index is 841. The summed E-state index contributed by atoms with van der Waals surface area (Å²) in [6, 6.07) is 6.41. The number of benzene rings is 1. The molecule has 0 radical (unpaired) electrons. The van der Waals surface area contributed by atoms with Crippen LogP contribution in [-0.2, 0) is 25.5 Å². The smallest absolute Gasteiger partial charge is 0.314 e. The van der Waals surface area contributed by atoms with Gasteiger partial charge in [-0.25, -0.2) is 9.82 Å². The van der Waals surface area contributed by atoms with Crippen LogP contribution < -0.4 is 5.43 Å². The van der Waals surface area contributed by atoms with Crippen LogP contribution in [0.3, 0.4) is 0 Å². The molecule has 8 heteroatoms. The van der Waals surface area contributed by atoms with Gasteiger partial charge < -0.3 is 9.64 Å². The van der Waals surface area contributed by atoms with Gasteiger partial charge in [0.05, 0.1) is 12.0 Å². The lowest BCUT2D eigenvalue weighted by Crippen LogP contribution is -2.51. The summed E-state index contributed by atoms with van der Waals surface area (Å²) in [6.45, 7) is 2.74. The molecule has 162 valence electrons. The Balaban J connectivity index is 1.71. The molecule has 0 saturated carbocycles. The number of halogens is 1. The van der Waals surface area contributed by atoms with Crippen LogP contribution in [0.15, 0.2) is 29.4 Å². The van der Waals surface area contributed by atoms with Crippen LogP contribution in [-0.4, -0.2) is 48.1 Å². The highest BCUT2D eigenvalue weighted by Crippen LogP contribution is 2.36. The van der Waals surface area contributed by atoms with E-state index in [2.05, 4.69) is 10.5 Å². The van der Waals surface area contributed by atoms with Gasteiger partial charge in [0.15, 0.2) is 0 Å². The van der Waals surface area contributed by atoms with E-state index in [0.29, 0.717) is 44.2 Å². The second kappa shape index (κ2) is 9.82. The van der Waals surface area contributed by atoms with Crippen LogP contribution >= 0.6 is 0 Å². The minimum Gasteiger partial charge on any atom is -0.466 e. The van der Waals surface area contributed by atoms with Crippen molar-refractivity contribution in [1.82, 2.24) is 10.3 Å². The lowest BCUT2D eigenvalue weighted by atomic mass is 9.74. The topological polar surface area (TPSA) is 88.1 Å². The Labute approximate surface area is 175 Å². The van der Waals surface area contributed by atoms with E-state index in [-0.39, 0.29) is 49.6 Å². The highest BCUT2D eigenvalue weighted by molar-refractivity contribution is 5.94. The highest BCUT2D eigenvalue weighted by Gasteiger charge is 2.45. The molecular formula is C22H28FN3O4. The van der Waals surface area contributed by atoms with Gasteiger partial charge in [0.2, 0.25) is 11.8 Å². The van der Waals surface area contributed by atoms with E-state index in [1.165, 1.54) is 6.07 Å². The molecule has 1 aromatic rings. The first-order valence-electron chi connectivity index (χ1n) is 10.5. The van der Waals surface area contributed by atoms with Gasteiger partial charge in [-0.2, -0.15) is 5.10 Å². The Kier molecular flexibility index (Phi) is 7.18. The number of amides is 2. The number of carbonyl (C=O) groups is 3. The van der Waals surface area contributed by atoms with Crippen molar-refractivity contribution in [1.29, 1.82) is 0 Å². The maximum Gasteiger partial charge on any atom is 0.314 e. The predicted molar refractivity (Wildman–Crippen MR) is 109 cm³/mol. The third-order valence-corrected chi connectivity index (χ3v) is 5.73. The second-order valence-corrected chi connectivity index (χ2v) is 7.90. The molecule has 0 aromatic heterocycles. The molecule has 2 amide bonds. The largest absolute Gasteiger partial charge is 0.466 e. The minimum atomic E-state index is -0.956. The molecule has 0 bridgehead atoms. The number of ether oxygens (including phenoxy) is 1. The van der Waals surface area contributed by atoms with E-state index in [4.69, 9.17) is 4.74 Å². The van der Waals surface area contributed by atoms with Gasteiger partial charge in [-0.3, -0.25) is 14.4 Å². The SMILES string of the molecule is CCOC(=O)C1(Cc2ccccc2F)CCCN(C(=O)CCC2=NNC(=O)CC2)C1. The number of rotatable bonds is 7. The van der Waals surface area contributed by atoms with Crippen LogP contribution in [0.5, 0.6) is 0 Å². The van der Waals surface area contributed by atoms with Crippen LogP contribution in [0.2, 0.25) is 0 Å². The van der Waals surface area contributed by atoms with Crippen molar-refractivity contribution in [3.05, 3.63) is 35.6 Å². The van der Waals surface area contributed by atoms with Crippen molar-refractivity contribution in [3.8, 4) is 0 Å². The third-order valence-electron chi connectivity index (χ3n) is 5.73. The van der Waals surface area contributed by atoms with Crippen molar-refractivity contribution in [2.75, 3.05) is 19.7 Å². The molecule has 1 saturated heterocycles. The average Bonchev–Trinajstić information content (AvgIpc) is 2.75. The lowest BCUT2D eigenvalue weighted by molar-refractivity contribution is -0.160. The monoisotopic (exact) mass is 417 g/mol. The Hall–Kier alpha value is -2.77. The van der Waals surface area contributed by atoms with Gasteiger partial charge in [0.1, 0.15) is 5.82 Å². The van der Waals surface area contributed by atoms with Crippen LogP contribution in [0.1, 0.15) is 51.0 Å². The quantitative estimate of drug-likeness (QED) is 0.691. The van der Waals surface area contributed by atoms with Gasteiger partial charge in [-0.1, -0.05) is 18.2 Å². The maximum absolute atomic E-state index is 14.3. The molecule has 30 heavy (non-hydrogen) atoms. The summed E-state index contributed by atoms with van der Waals surface area (Å²) in [5.41, 5.74) is 2.73. The zero-order valence-electron chi connectivity index (χ0n) is 17.3. The number of likely N-dealkylation sites (tertiary alicyclic amines) is 1. The molecule has 0 aliphatic carbocycles. The minimum absolute atomic E-state index is 0.0727. The molecule has 1 unspecified atom stereocenters. The molecule has 1 atom stereocenters. The van der Waals surface area contributed by atoms with Crippen molar-refractivity contribution in [3.63, 3.8) is 0 Å². The second-order valence-electron chi connectivity index (χ2n) is 7.90. The van der Waals surface area contributed by atoms with Crippen LogP contribution in [0, 0.1) is 11.2 Å². The maximum atomic E-state index is 14.3. The zero-order valence-corrected chi connectivity index (χ0v) is 17.3. The Morgan fingerprint density at radius 3 is 2.80 bits per heavy atom. The van der Waals surface area contributed by atoms with Crippen LogP contribution in [0.25, 0.3) is 0 Å². The molecule has 2 heterocycles. The first-order chi connectivity index (χ1) is 14.4. The van der Waals surface area contributed by atoms with Crippen molar-refractivity contribution in [2.24, 2.45) is 10.5 Å². The Morgan fingerprint density at radius 2 is 2.10 bits per heavy atom. The fraction of sp³-hybridized carbons (Fsp3) is 0.545. The number of piperidine rings is 1. The predicted octanol–water partition coefficient (Wildman–Crippen LogP) is 2.59. The first kappa shape index (κ1) is 21.9.